The lowest BCUT2D eigenvalue weighted by Gasteiger charge is -2.19. The normalized spacial score (nSPS) is 11.2. The molecule has 0 saturated carbocycles. The topological polar surface area (TPSA) is 131 Å². The summed E-state index contributed by atoms with van der Waals surface area (Å²) in [6.07, 6.45) is 1.61. The van der Waals surface area contributed by atoms with Crippen LogP contribution in [0.25, 0.3) is 11.3 Å². The molecule has 0 unspecified atom stereocenters. The first kappa shape index (κ1) is 28.0. The standard InChI is InChI=1S/C30H32N6O4/c1-18-22(8-7-9-23(18)34-28(37)19-10-12-20(13-11-19)30(2,3)4)25-17-35(6)29(38)27(33-25)32-21-14-15-24(31-5)26(16-21)36(39)40/h7-17,31H,1-6H3,(H,32,33)(H,34,37). The van der Waals surface area contributed by atoms with Gasteiger partial charge in [0.25, 0.3) is 17.2 Å². The fraction of sp³-hybridized carbons (Fsp3) is 0.233. The van der Waals surface area contributed by atoms with Gasteiger partial charge in [0.05, 0.1) is 10.6 Å². The van der Waals surface area contributed by atoms with Crippen molar-refractivity contribution in [1.29, 1.82) is 0 Å². The van der Waals surface area contributed by atoms with Crippen LogP contribution in [0.2, 0.25) is 0 Å². The number of amides is 1. The van der Waals surface area contributed by atoms with Gasteiger partial charge in [0.1, 0.15) is 5.69 Å². The average molecular weight is 541 g/mol. The molecule has 10 heteroatoms. The van der Waals surface area contributed by atoms with Gasteiger partial charge in [0, 0.05) is 48.9 Å². The third-order valence-electron chi connectivity index (χ3n) is 6.67. The highest BCUT2D eigenvalue weighted by atomic mass is 16.6. The molecule has 0 aliphatic carbocycles. The number of nitro groups is 1. The van der Waals surface area contributed by atoms with Crippen molar-refractivity contribution >= 4 is 34.5 Å². The summed E-state index contributed by atoms with van der Waals surface area (Å²) in [7, 11) is 3.20. The zero-order chi connectivity index (χ0) is 29.2. The number of aromatic nitrogens is 2. The highest BCUT2D eigenvalue weighted by Gasteiger charge is 2.18. The van der Waals surface area contributed by atoms with Gasteiger partial charge in [-0.2, -0.15) is 0 Å². The Bertz CT molecular complexity index is 1650. The number of nitro benzene ring substituents is 1. The summed E-state index contributed by atoms with van der Waals surface area (Å²) in [5.74, 6) is -0.220. The van der Waals surface area contributed by atoms with E-state index in [9.17, 15) is 19.7 Å². The Hall–Kier alpha value is -4.99. The van der Waals surface area contributed by atoms with Crippen molar-refractivity contribution in [3.63, 3.8) is 0 Å². The summed E-state index contributed by atoms with van der Waals surface area (Å²) in [5.41, 5.74) is 4.44. The Labute approximate surface area is 232 Å². The van der Waals surface area contributed by atoms with Gasteiger partial charge in [-0.05, 0) is 53.8 Å². The van der Waals surface area contributed by atoms with E-state index >= 15 is 0 Å². The minimum absolute atomic E-state index is 0.0126. The zero-order valence-corrected chi connectivity index (χ0v) is 23.3. The summed E-state index contributed by atoms with van der Waals surface area (Å²) in [6, 6.07) is 17.5. The first-order valence-corrected chi connectivity index (χ1v) is 12.7. The van der Waals surface area contributed by atoms with E-state index < -0.39 is 10.5 Å². The first-order valence-electron chi connectivity index (χ1n) is 12.7. The first-order chi connectivity index (χ1) is 18.9. The molecule has 0 bridgehead atoms. The lowest BCUT2D eigenvalue weighted by Crippen LogP contribution is -2.21. The van der Waals surface area contributed by atoms with Crippen LogP contribution in [0.15, 0.2) is 71.7 Å². The minimum atomic E-state index is -0.499. The quantitative estimate of drug-likeness (QED) is 0.194. The highest BCUT2D eigenvalue weighted by Crippen LogP contribution is 2.31. The molecule has 4 aromatic rings. The maximum Gasteiger partial charge on any atom is 0.294 e. The fourth-order valence-electron chi connectivity index (χ4n) is 4.29. The van der Waals surface area contributed by atoms with E-state index in [4.69, 9.17) is 0 Å². The van der Waals surface area contributed by atoms with Crippen LogP contribution in [0.4, 0.5) is 28.6 Å². The molecule has 0 fully saturated rings. The minimum Gasteiger partial charge on any atom is -0.383 e. The van der Waals surface area contributed by atoms with Crippen LogP contribution in [0.3, 0.4) is 0 Å². The van der Waals surface area contributed by atoms with Gasteiger partial charge in [-0.3, -0.25) is 19.7 Å². The van der Waals surface area contributed by atoms with Crippen molar-refractivity contribution in [1.82, 2.24) is 9.55 Å². The Morgan fingerprint density at radius 2 is 1.73 bits per heavy atom. The van der Waals surface area contributed by atoms with Crippen LogP contribution in [-0.4, -0.2) is 27.4 Å². The number of carbonyl (C=O) groups is 1. The number of aryl methyl sites for hydroxylation is 1. The predicted octanol–water partition coefficient (Wildman–Crippen LogP) is 6.00. The summed E-state index contributed by atoms with van der Waals surface area (Å²) < 4.78 is 1.39. The fourth-order valence-corrected chi connectivity index (χ4v) is 4.29. The predicted molar refractivity (Wildman–Crippen MR) is 159 cm³/mol. The molecule has 0 radical (unpaired) electrons. The van der Waals surface area contributed by atoms with Crippen molar-refractivity contribution in [3.8, 4) is 11.3 Å². The molecule has 10 nitrogen and oxygen atoms in total. The summed E-state index contributed by atoms with van der Waals surface area (Å²) in [6.45, 7) is 8.23. The number of nitrogens with zero attached hydrogens (tertiary/aromatic N) is 3. The van der Waals surface area contributed by atoms with E-state index in [0.717, 1.165) is 16.7 Å². The average Bonchev–Trinajstić information content (AvgIpc) is 2.91. The summed E-state index contributed by atoms with van der Waals surface area (Å²) >= 11 is 0. The molecule has 0 aliphatic heterocycles. The molecule has 0 atom stereocenters. The molecule has 40 heavy (non-hydrogen) atoms. The Balaban J connectivity index is 1.64. The number of nitrogens with one attached hydrogen (secondary N) is 3. The second-order valence-electron chi connectivity index (χ2n) is 10.5. The van der Waals surface area contributed by atoms with E-state index in [-0.39, 0.29) is 22.8 Å². The van der Waals surface area contributed by atoms with Crippen LogP contribution in [0.5, 0.6) is 0 Å². The smallest absolute Gasteiger partial charge is 0.294 e. The van der Waals surface area contributed by atoms with Gasteiger partial charge in [0.15, 0.2) is 5.82 Å². The number of hydrogen-bond acceptors (Lipinski definition) is 7. The molecule has 3 N–H and O–H groups in total. The number of rotatable bonds is 7. The van der Waals surface area contributed by atoms with E-state index in [1.54, 1.807) is 38.5 Å². The number of anilines is 4. The van der Waals surface area contributed by atoms with Crippen molar-refractivity contribution in [2.45, 2.75) is 33.1 Å². The lowest BCUT2D eigenvalue weighted by atomic mass is 9.86. The van der Waals surface area contributed by atoms with E-state index in [2.05, 4.69) is 41.7 Å². The second-order valence-corrected chi connectivity index (χ2v) is 10.5. The Kier molecular flexibility index (Phi) is 7.72. The molecule has 4 rings (SSSR count). The van der Waals surface area contributed by atoms with Crippen LogP contribution >= 0.6 is 0 Å². The third-order valence-corrected chi connectivity index (χ3v) is 6.67. The van der Waals surface area contributed by atoms with Gasteiger partial charge in [-0.1, -0.05) is 45.0 Å². The molecular weight excluding hydrogens is 508 g/mol. The highest BCUT2D eigenvalue weighted by molar-refractivity contribution is 6.05. The van der Waals surface area contributed by atoms with Crippen LogP contribution in [-0.2, 0) is 12.5 Å². The van der Waals surface area contributed by atoms with Gasteiger partial charge in [-0.15, -0.1) is 0 Å². The van der Waals surface area contributed by atoms with Gasteiger partial charge < -0.3 is 20.5 Å². The lowest BCUT2D eigenvalue weighted by molar-refractivity contribution is -0.383. The third kappa shape index (κ3) is 5.85. The molecule has 1 aromatic heterocycles. The van der Waals surface area contributed by atoms with E-state index in [0.29, 0.717) is 28.3 Å². The van der Waals surface area contributed by atoms with Gasteiger partial charge >= 0.3 is 0 Å². The molecule has 0 aliphatic rings. The Morgan fingerprint density at radius 1 is 1.02 bits per heavy atom. The van der Waals surface area contributed by atoms with E-state index in [1.165, 1.54) is 10.6 Å². The summed E-state index contributed by atoms with van der Waals surface area (Å²) in [5, 5.41) is 20.2. The van der Waals surface area contributed by atoms with Gasteiger partial charge in [-0.25, -0.2) is 4.98 Å². The van der Waals surface area contributed by atoms with Gasteiger partial charge in [0.2, 0.25) is 0 Å². The maximum atomic E-state index is 13.0. The van der Waals surface area contributed by atoms with Crippen LogP contribution in [0, 0.1) is 17.0 Å². The molecule has 0 spiro atoms. The molecule has 206 valence electrons. The maximum absolute atomic E-state index is 13.0. The number of carbonyl (C=O) groups excluding carboxylic acids is 1. The van der Waals surface area contributed by atoms with Crippen molar-refractivity contribution in [3.05, 3.63) is 104 Å². The number of benzene rings is 3. The molecule has 3 aromatic carbocycles. The number of hydrogen-bond donors (Lipinski definition) is 3. The van der Waals surface area contributed by atoms with Crippen molar-refractivity contribution in [2.75, 3.05) is 23.0 Å². The molecular formula is C30H32N6O4. The van der Waals surface area contributed by atoms with Crippen LogP contribution in [0.1, 0.15) is 42.3 Å². The monoisotopic (exact) mass is 540 g/mol. The van der Waals surface area contributed by atoms with Crippen LogP contribution < -0.4 is 21.5 Å². The Morgan fingerprint density at radius 3 is 2.35 bits per heavy atom. The largest absolute Gasteiger partial charge is 0.383 e. The molecule has 1 amide bonds. The molecule has 1 heterocycles. The van der Waals surface area contributed by atoms with E-state index in [1.807, 2.05) is 43.3 Å². The van der Waals surface area contributed by atoms with Crippen molar-refractivity contribution in [2.24, 2.45) is 7.05 Å². The second kappa shape index (κ2) is 11.0. The SMILES string of the molecule is CNc1ccc(Nc2nc(-c3cccc(NC(=O)c4ccc(C(C)(C)C)cc4)c3C)cn(C)c2=O)cc1[N+](=O)[O-]. The molecule has 0 saturated heterocycles. The summed E-state index contributed by atoms with van der Waals surface area (Å²) in [4.78, 5) is 41.4. The van der Waals surface area contributed by atoms with Crippen molar-refractivity contribution < 1.29 is 9.72 Å². The zero-order valence-electron chi connectivity index (χ0n) is 23.3.